The first-order valence-corrected chi connectivity index (χ1v) is 5.06. The molecule has 0 unspecified atom stereocenters. The van der Waals surface area contributed by atoms with E-state index < -0.39 is 0 Å². The van der Waals surface area contributed by atoms with E-state index in [1.807, 2.05) is 6.92 Å². The lowest BCUT2D eigenvalue weighted by molar-refractivity contribution is -0.133. The number of hydrogen-bond acceptors (Lipinski definition) is 5. The van der Waals surface area contributed by atoms with Gasteiger partial charge in [0.2, 0.25) is 0 Å². The maximum absolute atomic E-state index is 11.3. The zero-order chi connectivity index (χ0) is 10.6. The highest BCUT2D eigenvalue weighted by molar-refractivity contribution is 7.13. The summed E-state index contributed by atoms with van der Waals surface area (Å²) in [6, 6.07) is 0. The van der Waals surface area contributed by atoms with Gasteiger partial charge in [-0.25, -0.2) is 9.78 Å². The zero-order valence-corrected chi connectivity index (χ0v) is 8.93. The number of aromatic nitrogens is 1. The third kappa shape index (κ3) is 2.32. The quantitative estimate of drug-likeness (QED) is 0.611. The zero-order valence-electron chi connectivity index (χ0n) is 8.11. The van der Waals surface area contributed by atoms with Gasteiger partial charge in [-0.2, -0.15) is 0 Å². The topological polar surface area (TPSA) is 65.2 Å². The lowest BCUT2D eigenvalue weighted by Gasteiger charge is -2.00. The van der Waals surface area contributed by atoms with Gasteiger partial charge in [0.15, 0.2) is 5.13 Å². The predicted octanol–water partition coefficient (Wildman–Crippen LogP) is 1.69. The second kappa shape index (κ2) is 4.76. The van der Waals surface area contributed by atoms with Gasteiger partial charge in [0.25, 0.3) is 0 Å². The van der Waals surface area contributed by atoms with Crippen LogP contribution in [0.2, 0.25) is 0 Å². The molecule has 0 spiro atoms. The molecule has 0 bridgehead atoms. The van der Waals surface area contributed by atoms with Crippen molar-refractivity contribution in [3.63, 3.8) is 0 Å². The minimum atomic E-state index is -0.378. The van der Waals surface area contributed by atoms with Crippen molar-refractivity contribution in [2.24, 2.45) is 0 Å². The van der Waals surface area contributed by atoms with Gasteiger partial charge < -0.3 is 10.5 Å². The standard InChI is InChI=1S/C9H12N2O2S/c1-3-4-6(8(12)13-2)7-5-14-9(10)11-7/h4-5H,3H2,1-2H3,(H2,10,11). The van der Waals surface area contributed by atoms with Gasteiger partial charge in [0, 0.05) is 5.38 Å². The van der Waals surface area contributed by atoms with Crippen LogP contribution in [0, 0.1) is 0 Å². The number of carbonyl (C=O) groups is 1. The molecule has 14 heavy (non-hydrogen) atoms. The van der Waals surface area contributed by atoms with Crippen LogP contribution in [0.4, 0.5) is 5.13 Å². The van der Waals surface area contributed by atoms with Gasteiger partial charge >= 0.3 is 5.97 Å². The normalized spacial score (nSPS) is 11.4. The molecule has 1 aromatic heterocycles. The Morgan fingerprint density at radius 2 is 2.50 bits per heavy atom. The molecule has 0 amide bonds. The maximum Gasteiger partial charge on any atom is 0.339 e. The van der Waals surface area contributed by atoms with Gasteiger partial charge in [0.1, 0.15) is 0 Å². The van der Waals surface area contributed by atoms with Crippen LogP contribution in [-0.2, 0) is 9.53 Å². The smallest absolute Gasteiger partial charge is 0.339 e. The molecule has 0 radical (unpaired) electrons. The van der Waals surface area contributed by atoms with Crippen molar-refractivity contribution in [1.82, 2.24) is 4.98 Å². The summed E-state index contributed by atoms with van der Waals surface area (Å²) in [6.45, 7) is 1.94. The number of carbonyl (C=O) groups excluding carboxylic acids is 1. The Balaban J connectivity index is 3.00. The first kappa shape index (κ1) is 10.7. The van der Waals surface area contributed by atoms with Crippen molar-refractivity contribution in [2.75, 3.05) is 12.8 Å². The highest BCUT2D eigenvalue weighted by atomic mass is 32.1. The molecule has 76 valence electrons. The second-order valence-corrected chi connectivity index (χ2v) is 3.48. The van der Waals surface area contributed by atoms with Crippen molar-refractivity contribution >= 4 is 28.0 Å². The number of thiazole rings is 1. The third-order valence-electron chi connectivity index (χ3n) is 1.61. The summed E-state index contributed by atoms with van der Waals surface area (Å²) in [5.74, 6) is -0.378. The molecule has 0 aliphatic rings. The molecule has 1 heterocycles. The number of anilines is 1. The van der Waals surface area contributed by atoms with Crippen LogP contribution in [-0.4, -0.2) is 18.1 Å². The Morgan fingerprint density at radius 1 is 1.79 bits per heavy atom. The number of nitrogens with two attached hydrogens (primary N) is 1. The molecule has 4 nitrogen and oxygen atoms in total. The number of allylic oxidation sites excluding steroid dienone is 1. The molecule has 0 aliphatic heterocycles. The third-order valence-corrected chi connectivity index (χ3v) is 2.29. The average Bonchev–Trinajstić information content (AvgIpc) is 2.60. The highest BCUT2D eigenvalue weighted by Gasteiger charge is 2.14. The second-order valence-electron chi connectivity index (χ2n) is 2.59. The Hall–Kier alpha value is -1.36. The fourth-order valence-electron chi connectivity index (χ4n) is 1.02. The van der Waals surface area contributed by atoms with Crippen molar-refractivity contribution in [3.8, 4) is 0 Å². The molecule has 1 aromatic rings. The van der Waals surface area contributed by atoms with E-state index in [4.69, 9.17) is 5.73 Å². The SMILES string of the molecule is CCC=C(C(=O)OC)c1csc(N)n1. The minimum absolute atomic E-state index is 0.378. The molecular weight excluding hydrogens is 200 g/mol. The van der Waals surface area contributed by atoms with E-state index in [2.05, 4.69) is 9.72 Å². The van der Waals surface area contributed by atoms with Gasteiger partial charge in [-0.15, -0.1) is 11.3 Å². The van der Waals surface area contributed by atoms with E-state index in [0.717, 1.165) is 6.42 Å². The number of rotatable bonds is 3. The predicted molar refractivity (Wildman–Crippen MR) is 56.8 cm³/mol. The van der Waals surface area contributed by atoms with E-state index in [0.29, 0.717) is 16.4 Å². The minimum Gasteiger partial charge on any atom is -0.465 e. The van der Waals surface area contributed by atoms with Crippen LogP contribution in [0.1, 0.15) is 19.0 Å². The molecule has 5 heteroatoms. The molecule has 0 saturated heterocycles. The van der Waals surface area contributed by atoms with Crippen LogP contribution in [0.3, 0.4) is 0 Å². The number of nitrogen functional groups attached to an aromatic ring is 1. The van der Waals surface area contributed by atoms with E-state index in [9.17, 15) is 4.79 Å². The van der Waals surface area contributed by atoms with Gasteiger partial charge in [0.05, 0.1) is 18.4 Å². The van der Waals surface area contributed by atoms with E-state index in [-0.39, 0.29) is 5.97 Å². The molecule has 0 saturated carbocycles. The summed E-state index contributed by atoms with van der Waals surface area (Å²) in [5.41, 5.74) is 6.54. The Bertz CT molecular complexity index is 357. The fourth-order valence-corrected chi connectivity index (χ4v) is 1.58. The Labute approximate surface area is 86.4 Å². The lowest BCUT2D eigenvalue weighted by atomic mass is 10.2. The van der Waals surface area contributed by atoms with Crippen molar-refractivity contribution in [1.29, 1.82) is 0 Å². The van der Waals surface area contributed by atoms with E-state index in [1.165, 1.54) is 18.4 Å². The summed E-state index contributed by atoms with van der Waals surface area (Å²) in [5, 5.41) is 2.19. The number of nitrogens with zero attached hydrogens (tertiary/aromatic N) is 1. The van der Waals surface area contributed by atoms with Gasteiger partial charge in [-0.3, -0.25) is 0 Å². The summed E-state index contributed by atoms with van der Waals surface area (Å²) in [7, 11) is 1.35. The summed E-state index contributed by atoms with van der Waals surface area (Å²) in [4.78, 5) is 15.4. The van der Waals surface area contributed by atoms with Gasteiger partial charge in [-0.1, -0.05) is 13.0 Å². The molecular formula is C9H12N2O2S. The molecule has 0 aliphatic carbocycles. The largest absolute Gasteiger partial charge is 0.465 e. The number of esters is 1. The summed E-state index contributed by atoms with van der Waals surface area (Å²) in [6.07, 6.45) is 2.53. The van der Waals surface area contributed by atoms with Crippen LogP contribution < -0.4 is 5.73 Å². The fraction of sp³-hybridized carbons (Fsp3) is 0.333. The van der Waals surface area contributed by atoms with Crippen LogP contribution in [0.25, 0.3) is 5.57 Å². The van der Waals surface area contributed by atoms with Crippen molar-refractivity contribution < 1.29 is 9.53 Å². The van der Waals surface area contributed by atoms with Gasteiger partial charge in [-0.05, 0) is 6.42 Å². The lowest BCUT2D eigenvalue weighted by Crippen LogP contribution is -2.04. The maximum atomic E-state index is 11.3. The van der Waals surface area contributed by atoms with Crippen LogP contribution in [0.15, 0.2) is 11.5 Å². The molecule has 1 rings (SSSR count). The van der Waals surface area contributed by atoms with Crippen LogP contribution in [0.5, 0.6) is 0 Å². The van der Waals surface area contributed by atoms with Crippen LogP contribution >= 0.6 is 11.3 Å². The monoisotopic (exact) mass is 212 g/mol. The highest BCUT2D eigenvalue weighted by Crippen LogP contribution is 2.20. The van der Waals surface area contributed by atoms with Crippen molar-refractivity contribution in [3.05, 3.63) is 17.2 Å². The molecule has 0 fully saturated rings. The van der Waals surface area contributed by atoms with E-state index in [1.54, 1.807) is 11.5 Å². The average molecular weight is 212 g/mol. The molecule has 0 atom stereocenters. The number of hydrogen-bond donors (Lipinski definition) is 1. The molecule has 2 N–H and O–H groups in total. The van der Waals surface area contributed by atoms with E-state index >= 15 is 0 Å². The first-order valence-electron chi connectivity index (χ1n) is 4.18. The van der Waals surface area contributed by atoms with Crippen molar-refractivity contribution in [2.45, 2.75) is 13.3 Å². The first-order chi connectivity index (χ1) is 6.69. The Morgan fingerprint density at radius 3 is 2.93 bits per heavy atom. The summed E-state index contributed by atoms with van der Waals surface area (Å²) >= 11 is 1.30. The molecule has 0 aromatic carbocycles. The number of methoxy groups -OCH3 is 1. The Kier molecular flexibility index (Phi) is 3.64. The summed E-state index contributed by atoms with van der Waals surface area (Å²) < 4.78 is 4.65. The number of ether oxygens (including phenoxy) is 1.